The number of nitrogens with one attached hydrogen (secondary N) is 1. The molecule has 26 heavy (non-hydrogen) atoms. The minimum absolute atomic E-state index is 0.398. The molecule has 9 heteroatoms. The number of carbonyl (C=O) groups excluding carboxylic acids is 1. The summed E-state index contributed by atoms with van der Waals surface area (Å²) in [5.74, 6) is -1.17. The maximum Gasteiger partial charge on any atom is 0.331 e. The molecule has 1 unspecified atom stereocenters. The molecule has 0 bridgehead atoms. The number of rotatable bonds is 5. The molecule has 1 aromatic heterocycles. The fourth-order valence-corrected chi connectivity index (χ4v) is 2.77. The largest absolute Gasteiger partial charge is 0.493 e. The van der Waals surface area contributed by atoms with Crippen molar-refractivity contribution in [2.75, 3.05) is 6.61 Å². The summed E-state index contributed by atoms with van der Waals surface area (Å²) in [6.07, 6.45) is 1.88. The smallest absolute Gasteiger partial charge is 0.331 e. The quantitative estimate of drug-likeness (QED) is 0.737. The molecule has 0 fully saturated rings. The average molecular weight is 359 g/mol. The molecular weight excluding hydrogens is 342 g/mol. The predicted molar refractivity (Wildman–Crippen MR) is 90.1 cm³/mol. The van der Waals surface area contributed by atoms with Crippen LogP contribution in [0.1, 0.15) is 17.2 Å². The maximum absolute atomic E-state index is 12.2. The zero-order valence-electron chi connectivity index (χ0n) is 14.0. The van der Waals surface area contributed by atoms with Gasteiger partial charge in [0, 0.05) is 25.7 Å². The van der Waals surface area contributed by atoms with Gasteiger partial charge in [-0.05, 0) is 23.3 Å². The van der Waals surface area contributed by atoms with E-state index in [1.165, 1.54) is 13.2 Å². The lowest BCUT2D eigenvalue weighted by Crippen LogP contribution is -2.42. The van der Waals surface area contributed by atoms with Gasteiger partial charge in [-0.25, -0.2) is 9.59 Å². The van der Waals surface area contributed by atoms with Crippen LogP contribution in [0.3, 0.4) is 0 Å². The first-order valence-electron chi connectivity index (χ1n) is 7.91. The topological polar surface area (TPSA) is 120 Å². The molecule has 1 amide bonds. The van der Waals surface area contributed by atoms with E-state index in [-0.39, 0.29) is 0 Å². The highest BCUT2D eigenvalue weighted by Crippen LogP contribution is 2.28. The van der Waals surface area contributed by atoms with Crippen molar-refractivity contribution in [3.05, 3.63) is 62.4 Å². The molecule has 0 spiro atoms. The molecule has 0 saturated heterocycles. The van der Waals surface area contributed by atoms with E-state index < -0.39 is 35.7 Å². The zero-order valence-corrected chi connectivity index (χ0v) is 14.0. The number of hydrogen-bond acceptors (Lipinski definition) is 5. The number of carboxylic acids is 1. The van der Waals surface area contributed by atoms with Gasteiger partial charge < -0.3 is 15.2 Å². The van der Waals surface area contributed by atoms with Crippen LogP contribution in [0.2, 0.25) is 0 Å². The lowest BCUT2D eigenvalue weighted by atomic mass is 10.0. The number of carbonyl (C=O) groups is 2. The van der Waals surface area contributed by atoms with Crippen LogP contribution < -0.4 is 21.3 Å². The molecule has 2 aromatic rings. The highest BCUT2D eigenvalue weighted by atomic mass is 16.5. The van der Waals surface area contributed by atoms with Gasteiger partial charge in [-0.15, -0.1) is 0 Å². The van der Waals surface area contributed by atoms with Gasteiger partial charge in [-0.2, -0.15) is 0 Å². The second-order valence-electron chi connectivity index (χ2n) is 5.93. The minimum atomic E-state index is -1.25. The summed E-state index contributed by atoms with van der Waals surface area (Å²) in [6, 6.07) is 4.86. The van der Waals surface area contributed by atoms with Crippen molar-refractivity contribution in [3.63, 3.8) is 0 Å². The molecule has 2 N–H and O–H groups in total. The molecular formula is C17H17N3O6. The molecule has 1 atom stereocenters. The Kier molecular flexibility index (Phi) is 4.61. The third-order valence-electron chi connectivity index (χ3n) is 4.17. The van der Waals surface area contributed by atoms with Gasteiger partial charge in [-0.3, -0.25) is 18.7 Å². The van der Waals surface area contributed by atoms with E-state index in [1.54, 1.807) is 18.2 Å². The third-order valence-corrected chi connectivity index (χ3v) is 4.17. The van der Waals surface area contributed by atoms with E-state index >= 15 is 0 Å². The Morgan fingerprint density at radius 3 is 2.81 bits per heavy atom. The molecule has 0 saturated carbocycles. The van der Waals surface area contributed by atoms with Crippen LogP contribution in [0.25, 0.3) is 0 Å². The molecule has 1 aromatic carbocycles. The van der Waals surface area contributed by atoms with Crippen molar-refractivity contribution in [1.82, 2.24) is 14.5 Å². The zero-order chi connectivity index (χ0) is 18.8. The fourth-order valence-electron chi connectivity index (χ4n) is 2.77. The van der Waals surface area contributed by atoms with Crippen molar-refractivity contribution in [2.24, 2.45) is 7.05 Å². The summed E-state index contributed by atoms with van der Waals surface area (Å²) < 4.78 is 7.28. The lowest BCUT2D eigenvalue weighted by Gasteiger charge is -2.16. The Morgan fingerprint density at radius 2 is 2.08 bits per heavy atom. The summed E-state index contributed by atoms with van der Waals surface area (Å²) >= 11 is 0. The maximum atomic E-state index is 12.2. The summed E-state index contributed by atoms with van der Waals surface area (Å²) in [5.41, 5.74) is 0.157. The average Bonchev–Trinajstić information content (AvgIpc) is 3.07. The molecule has 0 aliphatic carbocycles. The highest BCUT2D eigenvalue weighted by molar-refractivity contribution is 5.84. The Morgan fingerprint density at radius 1 is 1.31 bits per heavy atom. The van der Waals surface area contributed by atoms with E-state index in [4.69, 9.17) is 4.74 Å². The molecule has 1 aliphatic heterocycles. The summed E-state index contributed by atoms with van der Waals surface area (Å²) in [5, 5.41) is 11.9. The fraction of sp³-hybridized carbons (Fsp3) is 0.294. The Bertz CT molecular complexity index is 991. The SMILES string of the molecule is Cn1c(=O)ccn(CC(=O)NC(C(=O)O)c2ccc3c(c2)CCO3)c1=O. The monoisotopic (exact) mass is 359 g/mol. The van der Waals surface area contributed by atoms with Crippen molar-refractivity contribution < 1.29 is 19.4 Å². The standard InChI is InChI=1S/C17H17N3O6/c1-19-14(22)4-6-20(17(19)25)9-13(21)18-15(16(23)24)11-2-3-12-10(8-11)5-7-26-12/h2-4,6,8,15H,5,7,9H2,1H3,(H,18,21)(H,23,24). The van der Waals surface area contributed by atoms with Crippen LogP contribution in [0.5, 0.6) is 5.75 Å². The second-order valence-corrected chi connectivity index (χ2v) is 5.93. The van der Waals surface area contributed by atoms with E-state index in [9.17, 15) is 24.3 Å². The number of nitrogens with zero attached hydrogens (tertiary/aromatic N) is 2. The number of amides is 1. The number of benzene rings is 1. The van der Waals surface area contributed by atoms with Gasteiger partial charge in [0.25, 0.3) is 5.56 Å². The number of hydrogen-bond donors (Lipinski definition) is 2. The van der Waals surface area contributed by atoms with Crippen LogP contribution >= 0.6 is 0 Å². The van der Waals surface area contributed by atoms with E-state index in [2.05, 4.69) is 5.32 Å². The first kappa shape index (κ1) is 17.5. The normalized spacial score (nSPS) is 13.6. The van der Waals surface area contributed by atoms with Gasteiger partial charge in [0.15, 0.2) is 6.04 Å². The Balaban J connectivity index is 1.79. The summed E-state index contributed by atoms with van der Waals surface area (Å²) in [4.78, 5) is 47.2. The van der Waals surface area contributed by atoms with E-state index in [0.717, 1.165) is 20.8 Å². The predicted octanol–water partition coefficient (Wildman–Crippen LogP) is -0.576. The second kappa shape index (κ2) is 6.87. The van der Waals surface area contributed by atoms with Gasteiger partial charge in [0.1, 0.15) is 12.3 Å². The van der Waals surface area contributed by atoms with Crippen LogP contribution in [-0.2, 0) is 29.6 Å². The number of ether oxygens (including phenoxy) is 1. The van der Waals surface area contributed by atoms with Crippen molar-refractivity contribution in [2.45, 2.75) is 19.0 Å². The Hall–Kier alpha value is -3.36. The van der Waals surface area contributed by atoms with Gasteiger partial charge >= 0.3 is 11.7 Å². The number of fused-ring (bicyclic) bond motifs is 1. The number of aliphatic carboxylic acids is 1. The molecule has 2 heterocycles. The van der Waals surface area contributed by atoms with E-state index in [1.807, 2.05) is 0 Å². The number of carboxylic acid groups (broad SMARTS) is 1. The number of aromatic nitrogens is 2. The minimum Gasteiger partial charge on any atom is -0.493 e. The van der Waals surface area contributed by atoms with Crippen LogP contribution in [-0.4, -0.2) is 32.7 Å². The first-order valence-corrected chi connectivity index (χ1v) is 7.91. The third kappa shape index (κ3) is 3.37. The van der Waals surface area contributed by atoms with Crippen molar-refractivity contribution in [1.29, 1.82) is 0 Å². The molecule has 1 aliphatic rings. The highest BCUT2D eigenvalue weighted by Gasteiger charge is 2.24. The summed E-state index contributed by atoms with van der Waals surface area (Å²) in [6.45, 7) is 0.142. The van der Waals surface area contributed by atoms with Gasteiger partial charge in [0.2, 0.25) is 5.91 Å². The van der Waals surface area contributed by atoms with Crippen LogP contribution in [0, 0.1) is 0 Å². The molecule has 3 rings (SSSR count). The lowest BCUT2D eigenvalue weighted by molar-refractivity contribution is -0.142. The first-order chi connectivity index (χ1) is 12.4. The molecule has 0 radical (unpaired) electrons. The van der Waals surface area contributed by atoms with Gasteiger partial charge in [-0.1, -0.05) is 6.07 Å². The van der Waals surface area contributed by atoms with Crippen LogP contribution in [0.4, 0.5) is 0 Å². The van der Waals surface area contributed by atoms with Crippen molar-refractivity contribution >= 4 is 11.9 Å². The summed E-state index contributed by atoms with van der Waals surface area (Å²) in [7, 11) is 1.30. The van der Waals surface area contributed by atoms with Gasteiger partial charge in [0.05, 0.1) is 6.61 Å². The van der Waals surface area contributed by atoms with Crippen LogP contribution in [0.15, 0.2) is 40.1 Å². The molecule has 136 valence electrons. The Labute approximate surface area is 147 Å². The van der Waals surface area contributed by atoms with Crippen molar-refractivity contribution in [3.8, 4) is 5.75 Å². The molecule has 9 nitrogen and oxygen atoms in total. The van der Waals surface area contributed by atoms with E-state index in [0.29, 0.717) is 24.3 Å².